The Morgan fingerprint density at radius 3 is 2.19 bits per heavy atom. The molecule has 6 nitrogen and oxygen atoms in total. The highest BCUT2D eigenvalue weighted by atomic mass is 16.5. The van der Waals surface area contributed by atoms with E-state index in [-0.39, 0.29) is 0 Å². The van der Waals surface area contributed by atoms with Crippen molar-refractivity contribution in [3.8, 4) is 28.6 Å². The van der Waals surface area contributed by atoms with Gasteiger partial charge in [0.05, 0.1) is 18.8 Å². The van der Waals surface area contributed by atoms with Gasteiger partial charge >= 0.3 is 0 Å². The Balaban J connectivity index is 1.63. The number of benzene rings is 3. The predicted molar refractivity (Wildman–Crippen MR) is 143 cm³/mol. The van der Waals surface area contributed by atoms with Crippen molar-refractivity contribution in [3.05, 3.63) is 96.1 Å². The summed E-state index contributed by atoms with van der Waals surface area (Å²) in [5.41, 5.74) is 4.06. The number of aryl methyl sites for hydroxylation is 1. The van der Waals surface area contributed by atoms with Gasteiger partial charge in [0.1, 0.15) is 17.2 Å². The second-order valence-corrected chi connectivity index (χ2v) is 8.98. The van der Waals surface area contributed by atoms with Crippen LogP contribution in [0.4, 0.5) is 0 Å². The average Bonchev–Trinajstić information content (AvgIpc) is 3.20. The van der Waals surface area contributed by atoms with Crippen molar-refractivity contribution in [2.75, 3.05) is 20.2 Å². The SMILES string of the molecule is CCCN(Cc1c(-c2ccccc2)nn(C)c1Oc1ccc(OC)cc1)CC(O)Cc1ccccc1. The van der Waals surface area contributed by atoms with Crippen LogP contribution in [0.1, 0.15) is 24.5 Å². The number of nitrogens with zero attached hydrogens (tertiary/aromatic N) is 3. The highest BCUT2D eigenvalue weighted by Crippen LogP contribution is 2.34. The maximum Gasteiger partial charge on any atom is 0.222 e. The van der Waals surface area contributed by atoms with Gasteiger partial charge in [-0.15, -0.1) is 0 Å². The van der Waals surface area contributed by atoms with Gasteiger partial charge in [-0.1, -0.05) is 67.6 Å². The number of aliphatic hydroxyl groups is 1. The average molecular weight is 486 g/mol. The predicted octanol–water partition coefficient (Wildman–Crippen LogP) is 5.70. The van der Waals surface area contributed by atoms with E-state index in [0.717, 1.165) is 41.1 Å². The summed E-state index contributed by atoms with van der Waals surface area (Å²) in [4.78, 5) is 2.29. The Morgan fingerprint density at radius 2 is 1.56 bits per heavy atom. The van der Waals surface area contributed by atoms with E-state index in [9.17, 15) is 5.11 Å². The summed E-state index contributed by atoms with van der Waals surface area (Å²) in [5, 5.41) is 15.8. The summed E-state index contributed by atoms with van der Waals surface area (Å²) in [7, 11) is 3.55. The molecule has 4 rings (SSSR count). The molecule has 0 fully saturated rings. The van der Waals surface area contributed by atoms with Crippen LogP contribution in [-0.4, -0.2) is 46.1 Å². The van der Waals surface area contributed by atoms with Crippen LogP contribution in [0.25, 0.3) is 11.3 Å². The molecule has 0 radical (unpaired) electrons. The Kier molecular flexibility index (Phi) is 8.76. The molecule has 188 valence electrons. The van der Waals surface area contributed by atoms with Crippen molar-refractivity contribution in [1.82, 2.24) is 14.7 Å². The number of aliphatic hydroxyl groups excluding tert-OH is 1. The first-order valence-electron chi connectivity index (χ1n) is 12.4. The molecule has 1 heterocycles. The summed E-state index contributed by atoms with van der Waals surface area (Å²) in [5.74, 6) is 2.18. The van der Waals surface area contributed by atoms with E-state index in [2.05, 4.69) is 36.1 Å². The minimum absolute atomic E-state index is 0.471. The quantitative estimate of drug-likeness (QED) is 0.279. The van der Waals surface area contributed by atoms with E-state index in [4.69, 9.17) is 14.6 Å². The second kappa shape index (κ2) is 12.4. The topological polar surface area (TPSA) is 59.8 Å². The molecule has 1 atom stereocenters. The molecule has 0 aliphatic carbocycles. The minimum atomic E-state index is -0.471. The van der Waals surface area contributed by atoms with Gasteiger partial charge in [-0.05, 0) is 49.2 Å². The summed E-state index contributed by atoms with van der Waals surface area (Å²) >= 11 is 0. The highest BCUT2D eigenvalue weighted by Gasteiger charge is 2.23. The second-order valence-electron chi connectivity index (χ2n) is 8.98. The summed E-state index contributed by atoms with van der Waals surface area (Å²) in [6.07, 6.45) is 1.13. The number of ether oxygens (including phenoxy) is 2. The fraction of sp³-hybridized carbons (Fsp3) is 0.300. The van der Waals surface area contributed by atoms with Gasteiger partial charge in [-0.2, -0.15) is 5.10 Å². The van der Waals surface area contributed by atoms with Crippen LogP contribution in [0.2, 0.25) is 0 Å². The third kappa shape index (κ3) is 6.53. The van der Waals surface area contributed by atoms with Gasteiger partial charge in [-0.25, -0.2) is 4.68 Å². The maximum absolute atomic E-state index is 10.9. The third-order valence-corrected chi connectivity index (χ3v) is 6.11. The molecule has 1 N–H and O–H groups in total. The van der Waals surface area contributed by atoms with E-state index in [1.54, 1.807) is 11.8 Å². The first kappa shape index (κ1) is 25.5. The molecule has 0 aliphatic rings. The lowest BCUT2D eigenvalue weighted by molar-refractivity contribution is 0.108. The van der Waals surface area contributed by atoms with E-state index in [1.165, 1.54) is 0 Å². The van der Waals surface area contributed by atoms with Crippen LogP contribution in [-0.2, 0) is 20.0 Å². The molecule has 1 aromatic heterocycles. The van der Waals surface area contributed by atoms with E-state index in [1.807, 2.05) is 67.7 Å². The van der Waals surface area contributed by atoms with Gasteiger partial charge in [-0.3, -0.25) is 4.90 Å². The zero-order valence-electron chi connectivity index (χ0n) is 21.3. The monoisotopic (exact) mass is 485 g/mol. The molecule has 0 saturated heterocycles. The van der Waals surface area contributed by atoms with Crippen molar-refractivity contribution >= 4 is 0 Å². The lowest BCUT2D eigenvalue weighted by Gasteiger charge is -2.25. The molecule has 0 amide bonds. The zero-order chi connectivity index (χ0) is 25.3. The molecule has 4 aromatic rings. The van der Waals surface area contributed by atoms with Gasteiger partial charge in [0, 0.05) is 25.7 Å². The Bertz CT molecular complexity index is 1210. The van der Waals surface area contributed by atoms with Crippen LogP contribution in [0.5, 0.6) is 17.4 Å². The molecule has 0 spiro atoms. The standard InChI is InChI=1S/C30H35N3O3/c1-4-19-33(21-25(34)20-23-11-7-5-8-12-23)22-28-29(24-13-9-6-10-14-24)31-32(2)30(28)36-27-17-15-26(35-3)16-18-27/h5-18,25,34H,4,19-22H2,1-3H3. The van der Waals surface area contributed by atoms with Crippen molar-refractivity contribution < 1.29 is 14.6 Å². The first-order valence-corrected chi connectivity index (χ1v) is 12.4. The molecular weight excluding hydrogens is 450 g/mol. The fourth-order valence-electron chi connectivity index (χ4n) is 4.43. The smallest absolute Gasteiger partial charge is 0.222 e. The molecule has 0 bridgehead atoms. The number of hydrogen-bond acceptors (Lipinski definition) is 5. The lowest BCUT2D eigenvalue weighted by Crippen LogP contribution is -2.34. The van der Waals surface area contributed by atoms with E-state index >= 15 is 0 Å². The van der Waals surface area contributed by atoms with Gasteiger partial charge < -0.3 is 14.6 Å². The first-order chi connectivity index (χ1) is 17.6. The van der Waals surface area contributed by atoms with Gasteiger partial charge in [0.25, 0.3) is 0 Å². The van der Waals surface area contributed by atoms with Crippen LogP contribution in [0.3, 0.4) is 0 Å². The minimum Gasteiger partial charge on any atom is -0.497 e. The third-order valence-electron chi connectivity index (χ3n) is 6.11. The molecule has 36 heavy (non-hydrogen) atoms. The number of aromatic nitrogens is 2. The van der Waals surface area contributed by atoms with Crippen molar-refractivity contribution in [2.24, 2.45) is 7.05 Å². The largest absolute Gasteiger partial charge is 0.497 e. The van der Waals surface area contributed by atoms with Gasteiger partial charge in [0.2, 0.25) is 5.88 Å². The lowest BCUT2D eigenvalue weighted by atomic mass is 10.1. The summed E-state index contributed by atoms with van der Waals surface area (Å²) in [6, 6.07) is 27.9. The van der Waals surface area contributed by atoms with Crippen LogP contribution in [0.15, 0.2) is 84.9 Å². The number of rotatable bonds is 12. The van der Waals surface area contributed by atoms with E-state index < -0.39 is 6.10 Å². The normalized spacial score (nSPS) is 12.0. The Labute approximate surface area is 213 Å². The molecule has 0 saturated carbocycles. The summed E-state index contributed by atoms with van der Waals surface area (Å²) < 4.78 is 13.5. The van der Waals surface area contributed by atoms with Gasteiger partial charge in [0.15, 0.2) is 0 Å². The number of methoxy groups -OCH3 is 1. The van der Waals surface area contributed by atoms with Crippen LogP contribution >= 0.6 is 0 Å². The number of hydrogen-bond donors (Lipinski definition) is 1. The van der Waals surface area contributed by atoms with Crippen LogP contribution < -0.4 is 9.47 Å². The van der Waals surface area contributed by atoms with E-state index in [0.29, 0.717) is 31.1 Å². The van der Waals surface area contributed by atoms with Crippen molar-refractivity contribution in [1.29, 1.82) is 0 Å². The Hall–Kier alpha value is -3.61. The molecule has 0 aliphatic heterocycles. The van der Waals surface area contributed by atoms with Crippen molar-refractivity contribution in [3.63, 3.8) is 0 Å². The highest BCUT2D eigenvalue weighted by molar-refractivity contribution is 5.65. The van der Waals surface area contributed by atoms with Crippen LogP contribution in [0, 0.1) is 0 Å². The molecule has 3 aromatic carbocycles. The molecule has 6 heteroatoms. The Morgan fingerprint density at radius 1 is 0.917 bits per heavy atom. The summed E-state index contributed by atoms with van der Waals surface area (Å²) in [6.45, 7) is 4.20. The maximum atomic E-state index is 10.9. The fourth-order valence-corrected chi connectivity index (χ4v) is 4.43. The molecular formula is C30H35N3O3. The van der Waals surface area contributed by atoms with Crippen molar-refractivity contribution in [2.45, 2.75) is 32.4 Å². The zero-order valence-corrected chi connectivity index (χ0v) is 21.3. The molecule has 1 unspecified atom stereocenters.